The van der Waals surface area contributed by atoms with Gasteiger partial charge in [-0.3, -0.25) is 19.3 Å². The lowest BCUT2D eigenvalue weighted by Gasteiger charge is -2.09. The van der Waals surface area contributed by atoms with E-state index < -0.39 is 5.69 Å². The number of H-pyrrole nitrogens is 1. The molecule has 0 unspecified atom stereocenters. The van der Waals surface area contributed by atoms with E-state index in [0.29, 0.717) is 6.54 Å². The third kappa shape index (κ3) is 2.25. The fourth-order valence-corrected chi connectivity index (χ4v) is 2.28. The molecule has 3 aromatic rings. The molecule has 0 aliphatic carbocycles. The Morgan fingerprint density at radius 3 is 2.80 bits per heavy atom. The van der Waals surface area contributed by atoms with Crippen molar-refractivity contribution in [1.29, 1.82) is 0 Å². The average Bonchev–Trinajstić information content (AvgIpc) is 2.41. The first-order valence-electron chi connectivity index (χ1n) is 6.28. The Morgan fingerprint density at radius 2 is 2.00 bits per heavy atom. The number of pyridine rings is 1. The van der Waals surface area contributed by atoms with Crippen LogP contribution in [0.4, 0.5) is 0 Å². The van der Waals surface area contributed by atoms with Gasteiger partial charge in [0.25, 0.3) is 5.56 Å². The average molecular weight is 267 g/mol. The first kappa shape index (κ1) is 12.3. The number of para-hydroxylation sites is 1. The highest BCUT2D eigenvalue weighted by Gasteiger charge is 2.05. The lowest BCUT2D eigenvalue weighted by Crippen LogP contribution is -2.28. The van der Waals surface area contributed by atoms with Crippen LogP contribution in [0.3, 0.4) is 0 Å². The third-order valence-electron chi connectivity index (χ3n) is 3.17. The molecular weight excluding hydrogens is 254 g/mol. The lowest BCUT2D eigenvalue weighted by molar-refractivity contribution is 0.723. The predicted octanol–water partition coefficient (Wildman–Crippen LogP) is 1.44. The standard InChI is InChI=1S/C15H13N3O2/c1-10-8-11(12-4-2-3-5-13(12)16-10)9-18-7-6-14(19)17-15(18)20/h2-8H,9H2,1H3,(H,17,19,20). The fourth-order valence-electron chi connectivity index (χ4n) is 2.28. The van der Waals surface area contributed by atoms with Crippen molar-refractivity contribution >= 4 is 10.9 Å². The molecule has 5 nitrogen and oxygen atoms in total. The molecule has 0 bridgehead atoms. The Bertz CT molecular complexity index is 893. The molecule has 0 fully saturated rings. The Hall–Kier alpha value is -2.69. The summed E-state index contributed by atoms with van der Waals surface area (Å²) in [6.07, 6.45) is 1.51. The summed E-state index contributed by atoms with van der Waals surface area (Å²) >= 11 is 0. The first-order chi connectivity index (χ1) is 9.63. The van der Waals surface area contributed by atoms with E-state index in [1.807, 2.05) is 37.3 Å². The SMILES string of the molecule is Cc1cc(Cn2ccc(=O)[nH]c2=O)c2ccccc2n1. The number of aromatic amines is 1. The Balaban J connectivity index is 2.15. The number of nitrogens with one attached hydrogen (secondary N) is 1. The van der Waals surface area contributed by atoms with E-state index in [-0.39, 0.29) is 5.56 Å². The molecule has 1 aromatic carbocycles. The topological polar surface area (TPSA) is 67.8 Å². The molecule has 0 radical (unpaired) electrons. The molecule has 0 spiro atoms. The Morgan fingerprint density at radius 1 is 1.20 bits per heavy atom. The molecule has 3 rings (SSSR count). The summed E-state index contributed by atoms with van der Waals surface area (Å²) in [6.45, 7) is 2.32. The number of rotatable bonds is 2. The van der Waals surface area contributed by atoms with Crippen LogP contribution in [-0.2, 0) is 6.54 Å². The smallest absolute Gasteiger partial charge is 0.296 e. The molecule has 2 heterocycles. The summed E-state index contributed by atoms with van der Waals surface area (Å²) in [5, 5.41) is 1.01. The van der Waals surface area contributed by atoms with Crippen molar-refractivity contribution in [2.24, 2.45) is 0 Å². The van der Waals surface area contributed by atoms with Crippen molar-refractivity contribution in [3.05, 3.63) is 74.7 Å². The largest absolute Gasteiger partial charge is 0.328 e. The molecule has 0 saturated carbocycles. The summed E-state index contributed by atoms with van der Waals surface area (Å²) in [7, 11) is 0. The lowest BCUT2D eigenvalue weighted by atomic mass is 10.1. The van der Waals surface area contributed by atoms with Crippen molar-refractivity contribution in [2.75, 3.05) is 0 Å². The molecule has 5 heteroatoms. The van der Waals surface area contributed by atoms with E-state index in [1.165, 1.54) is 16.8 Å². The minimum Gasteiger partial charge on any atom is -0.296 e. The van der Waals surface area contributed by atoms with Crippen LogP contribution in [0.25, 0.3) is 10.9 Å². The molecule has 100 valence electrons. The van der Waals surface area contributed by atoms with E-state index in [1.54, 1.807) is 0 Å². The highest BCUT2D eigenvalue weighted by molar-refractivity contribution is 5.82. The third-order valence-corrected chi connectivity index (χ3v) is 3.17. The first-order valence-corrected chi connectivity index (χ1v) is 6.28. The van der Waals surface area contributed by atoms with E-state index in [0.717, 1.165) is 22.2 Å². The fraction of sp³-hybridized carbons (Fsp3) is 0.133. The molecule has 20 heavy (non-hydrogen) atoms. The van der Waals surface area contributed by atoms with Crippen LogP contribution in [0.15, 0.2) is 52.2 Å². The monoisotopic (exact) mass is 267 g/mol. The minimum absolute atomic E-state index is 0.387. The number of benzene rings is 1. The number of aromatic nitrogens is 3. The zero-order valence-corrected chi connectivity index (χ0v) is 11.0. The van der Waals surface area contributed by atoms with Crippen molar-refractivity contribution in [3.63, 3.8) is 0 Å². The van der Waals surface area contributed by atoms with Gasteiger partial charge in [-0.25, -0.2) is 4.79 Å². The van der Waals surface area contributed by atoms with Crippen LogP contribution in [0.2, 0.25) is 0 Å². The minimum atomic E-state index is -0.406. The molecule has 0 amide bonds. The van der Waals surface area contributed by atoms with E-state index in [4.69, 9.17) is 0 Å². The molecule has 0 aliphatic rings. The molecular formula is C15H13N3O2. The van der Waals surface area contributed by atoms with Crippen molar-refractivity contribution < 1.29 is 0 Å². The van der Waals surface area contributed by atoms with Gasteiger partial charge in [0.05, 0.1) is 12.1 Å². The van der Waals surface area contributed by atoms with Gasteiger partial charge in [-0.15, -0.1) is 0 Å². The summed E-state index contributed by atoms with van der Waals surface area (Å²) in [4.78, 5) is 29.6. The number of fused-ring (bicyclic) bond motifs is 1. The van der Waals surface area contributed by atoms with Gasteiger partial charge in [0, 0.05) is 23.3 Å². The number of aryl methyl sites for hydroxylation is 1. The van der Waals surface area contributed by atoms with Gasteiger partial charge in [-0.1, -0.05) is 18.2 Å². The van der Waals surface area contributed by atoms with E-state index >= 15 is 0 Å². The summed E-state index contributed by atoms with van der Waals surface area (Å²) in [5.74, 6) is 0. The maximum Gasteiger partial charge on any atom is 0.328 e. The normalized spacial score (nSPS) is 10.8. The van der Waals surface area contributed by atoms with E-state index in [2.05, 4.69) is 9.97 Å². The van der Waals surface area contributed by atoms with Crippen molar-refractivity contribution in [2.45, 2.75) is 13.5 Å². The summed E-state index contributed by atoms with van der Waals surface area (Å²) in [6, 6.07) is 11.1. The van der Waals surface area contributed by atoms with Crippen molar-refractivity contribution in [3.8, 4) is 0 Å². The Labute approximate surface area is 114 Å². The van der Waals surface area contributed by atoms with Crippen LogP contribution in [0.1, 0.15) is 11.3 Å². The van der Waals surface area contributed by atoms with Crippen molar-refractivity contribution in [1.82, 2.24) is 14.5 Å². The zero-order valence-electron chi connectivity index (χ0n) is 11.0. The van der Waals surface area contributed by atoms with Gasteiger partial charge < -0.3 is 0 Å². The van der Waals surface area contributed by atoms with Crippen LogP contribution in [0.5, 0.6) is 0 Å². The van der Waals surface area contributed by atoms with Gasteiger partial charge in [-0.2, -0.15) is 0 Å². The van der Waals surface area contributed by atoms with Crippen LogP contribution >= 0.6 is 0 Å². The number of hydrogen-bond acceptors (Lipinski definition) is 3. The zero-order chi connectivity index (χ0) is 14.1. The second kappa shape index (κ2) is 4.77. The van der Waals surface area contributed by atoms with Gasteiger partial charge in [-0.05, 0) is 24.6 Å². The van der Waals surface area contributed by atoms with Crippen LogP contribution in [-0.4, -0.2) is 14.5 Å². The molecule has 2 aromatic heterocycles. The quantitative estimate of drug-likeness (QED) is 0.764. The molecule has 0 aliphatic heterocycles. The summed E-state index contributed by atoms with van der Waals surface area (Å²) in [5.41, 5.74) is 2.01. The highest BCUT2D eigenvalue weighted by atomic mass is 16.2. The van der Waals surface area contributed by atoms with Gasteiger partial charge in [0.1, 0.15) is 0 Å². The van der Waals surface area contributed by atoms with Gasteiger partial charge >= 0.3 is 5.69 Å². The number of nitrogens with zero attached hydrogens (tertiary/aromatic N) is 2. The maximum absolute atomic E-state index is 11.8. The van der Waals surface area contributed by atoms with E-state index in [9.17, 15) is 9.59 Å². The Kier molecular flexibility index (Phi) is 2.95. The molecule has 0 atom stereocenters. The van der Waals surface area contributed by atoms with Crippen LogP contribution in [0, 0.1) is 6.92 Å². The highest BCUT2D eigenvalue weighted by Crippen LogP contribution is 2.18. The van der Waals surface area contributed by atoms with Gasteiger partial charge in [0.2, 0.25) is 0 Å². The maximum atomic E-state index is 11.8. The number of hydrogen-bond donors (Lipinski definition) is 1. The molecule has 0 saturated heterocycles. The molecule has 1 N–H and O–H groups in total. The summed E-state index contributed by atoms with van der Waals surface area (Å²) < 4.78 is 1.47. The van der Waals surface area contributed by atoms with Gasteiger partial charge in [0.15, 0.2) is 0 Å². The predicted molar refractivity (Wildman–Crippen MR) is 76.9 cm³/mol. The second-order valence-corrected chi connectivity index (χ2v) is 4.68. The second-order valence-electron chi connectivity index (χ2n) is 4.68. The van der Waals surface area contributed by atoms with Crippen LogP contribution < -0.4 is 11.2 Å².